The fraction of sp³-hybridized carbons (Fsp3) is 0.350. The molecule has 4 nitrogen and oxygen atoms in total. The smallest absolute Gasteiger partial charge is 0.137 e. The molecule has 0 saturated heterocycles. The summed E-state index contributed by atoms with van der Waals surface area (Å²) in [7, 11) is 2.17. The quantitative estimate of drug-likeness (QED) is 0.721. The Balaban J connectivity index is 1.95. The van der Waals surface area contributed by atoms with Crippen LogP contribution < -0.4 is 5.73 Å². The number of imidazole rings is 1. The van der Waals surface area contributed by atoms with E-state index in [9.17, 15) is 0 Å². The largest absolute Gasteiger partial charge is 0.398 e. The van der Waals surface area contributed by atoms with E-state index in [4.69, 9.17) is 10.7 Å². The topological polar surface area (TPSA) is 46.6 Å². The predicted octanol–water partition coefficient (Wildman–Crippen LogP) is 3.74. The molecule has 1 aromatic carbocycles. The van der Waals surface area contributed by atoms with Gasteiger partial charge in [0.2, 0.25) is 0 Å². The molecule has 0 atom stereocenters. The molecule has 0 bridgehead atoms. The van der Waals surface area contributed by atoms with Crippen molar-refractivity contribution in [2.45, 2.75) is 32.7 Å². The van der Waals surface area contributed by atoms with Crippen LogP contribution in [0, 0.1) is 0 Å². The van der Waals surface area contributed by atoms with Gasteiger partial charge in [-0.2, -0.15) is 0 Å². The standard InChI is InChI=1S/C20H26N4/c1-3-4-12-23(2)15-19-18(13-16-8-6-5-7-9-16)22-20-11-10-17(21)14-24(19)20/h5-11,14H,3-4,12-13,15,21H2,1-2H3. The Morgan fingerprint density at radius 2 is 1.92 bits per heavy atom. The highest BCUT2D eigenvalue weighted by Crippen LogP contribution is 2.20. The first-order valence-corrected chi connectivity index (χ1v) is 8.65. The molecule has 3 aromatic rings. The number of pyridine rings is 1. The Labute approximate surface area is 143 Å². The fourth-order valence-electron chi connectivity index (χ4n) is 3.02. The maximum Gasteiger partial charge on any atom is 0.137 e. The zero-order chi connectivity index (χ0) is 16.9. The van der Waals surface area contributed by atoms with Crippen molar-refractivity contribution in [3.05, 3.63) is 65.6 Å². The molecular formula is C20H26N4. The van der Waals surface area contributed by atoms with Gasteiger partial charge in [0.25, 0.3) is 0 Å². The molecule has 0 spiro atoms. The number of hydrogen-bond acceptors (Lipinski definition) is 3. The minimum absolute atomic E-state index is 0.767. The van der Waals surface area contributed by atoms with Crippen molar-refractivity contribution in [1.82, 2.24) is 14.3 Å². The maximum atomic E-state index is 6.00. The number of aromatic nitrogens is 2. The Hall–Kier alpha value is -2.33. The summed E-state index contributed by atoms with van der Waals surface area (Å²) >= 11 is 0. The Morgan fingerprint density at radius 3 is 2.67 bits per heavy atom. The van der Waals surface area contributed by atoms with E-state index in [2.05, 4.69) is 47.5 Å². The number of rotatable bonds is 7. The van der Waals surface area contributed by atoms with Gasteiger partial charge in [0.05, 0.1) is 11.4 Å². The highest BCUT2D eigenvalue weighted by Gasteiger charge is 2.14. The van der Waals surface area contributed by atoms with E-state index in [0.29, 0.717) is 0 Å². The lowest BCUT2D eigenvalue weighted by molar-refractivity contribution is 0.315. The molecule has 3 rings (SSSR count). The van der Waals surface area contributed by atoms with Crippen LogP contribution in [-0.4, -0.2) is 27.9 Å². The van der Waals surface area contributed by atoms with Gasteiger partial charge in [-0.15, -0.1) is 0 Å². The van der Waals surface area contributed by atoms with E-state index in [1.807, 2.05) is 24.4 Å². The summed E-state index contributed by atoms with van der Waals surface area (Å²) in [4.78, 5) is 7.23. The minimum Gasteiger partial charge on any atom is -0.398 e. The normalized spacial score (nSPS) is 11.5. The summed E-state index contributed by atoms with van der Waals surface area (Å²) in [5.41, 5.74) is 11.4. The zero-order valence-electron chi connectivity index (χ0n) is 14.6. The molecule has 0 amide bonds. The van der Waals surface area contributed by atoms with Gasteiger partial charge in [0.1, 0.15) is 5.65 Å². The Morgan fingerprint density at radius 1 is 1.12 bits per heavy atom. The van der Waals surface area contributed by atoms with Gasteiger partial charge in [-0.25, -0.2) is 4.98 Å². The number of hydrogen-bond donors (Lipinski definition) is 1. The van der Waals surface area contributed by atoms with Crippen molar-refractivity contribution in [2.75, 3.05) is 19.3 Å². The van der Waals surface area contributed by atoms with E-state index in [1.54, 1.807) is 0 Å². The second-order valence-corrected chi connectivity index (χ2v) is 6.45. The summed E-state index contributed by atoms with van der Waals surface area (Å²) in [6.07, 6.45) is 5.25. The molecule has 0 fully saturated rings. The van der Waals surface area contributed by atoms with Crippen LogP contribution >= 0.6 is 0 Å². The number of fused-ring (bicyclic) bond motifs is 1. The molecule has 126 valence electrons. The molecule has 4 heteroatoms. The third kappa shape index (κ3) is 3.77. The first-order chi connectivity index (χ1) is 11.7. The lowest BCUT2D eigenvalue weighted by atomic mass is 10.1. The third-order valence-corrected chi connectivity index (χ3v) is 4.35. The molecule has 24 heavy (non-hydrogen) atoms. The Bertz CT molecular complexity index is 792. The SMILES string of the molecule is CCCCN(C)Cc1c(Cc2ccccc2)nc2ccc(N)cn12. The van der Waals surface area contributed by atoms with E-state index < -0.39 is 0 Å². The number of nitrogen functional groups attached to an aromatic ring is 1. The summed E-state index contributed by atoms with van der Waals surface area (Å²) < 4.78 is 2.15. The van der Waals surface area contributed by atoms with E-state index in [0.717, 1.165) is 36.5 Å². The van der Waals surface area contributed by atoms with Crippen molar-refractivity contribution in [3.8, 4) is 0 Å². The zero-order valence-corrected chi connectivity index (χ0v) is 14.6. The summed E-state index contributed by atoms with van der Waals surface area (Å²) in [6.45, 7) is 4.20. The number of anilines is 1. The van der Waals surface area contributed by atoms with Crippen LogP contribution in [-0.2, 0) is 13.0 Å². The number of nitrogens with zero attached hydrogens (tertiary/aromatic N) is 3. The number of nitrogens with two attached hydrogens (primary N) is 1. The van der Waals surface area contributed by atoms with Crippen LogP contribution in [0.15, 0.2) is 48.7 Å². The maximum absolute atomic E-state index is 6.00. The first-order valence-electron chi connectivity index (χ1n) is 8.65. The van der Waals surface area contributed by atoms with Crippen molar-refractivity contribution in [1.29, 1.82) is 0 Å². The first kappa shape index (κ1) is 16.5. The number of benzene rings is 1. The van der Waals surface area contributed by atoms with Crippen molar-refractivity contribution in [2.24, 2.45) is 0 Å². The molecule has 0 aliphatic rings. The highest BCUT2D eigenvalue weighted by atomic mass is 15.1. The fourth-order valence-corrected chi connectivity index (χ4v) is 3.02. The van der Waals surface area contributed by atoms with Gasteiger partial charge in [-0.1, -0.05) is 43.7 Å². The van der Waals surface area contributed by atoms with Crippen LogP contribution in [0.4, 0.5) is 5.69 Å². The molecule has 0 aliphatic heterocycles. The summed E-state index contributed by atoms with van der Waals surface area (Å²) in [6, 6.07) is 14.4. The lowest BCUT2D eigenvalue weighted by Gasteiger charge is -2.17. The average molecular weight is 322 g/mol. The van der Waals surface area contributed by atoms with Crippen LogP contribution in [0.3, 0.4) is 0 Å². The number of unbranched alkanes of at least 4 members (excludes halogenated alkanes) is 1. The van der Waals surface area contributed by atoms with Crippen LogP contribution in [0.25, 0.3) is 5.65 Å². The van der Waals surface area contributed by atoms with Crippen molar-refractivity contribution in [3.63, 3.8) is 0 Å². The molecule has 2 heterocycles. The summed E-state index contributed by atoms with van der Waals surface area (Å²) in [5.74, 6) is 0. The molecule has 0 unspecified atom stereocenters. The molecule has 0 aliphatic carbocycles. The van der Waals surface area contributed by atoms with Crippen LogP contribution in [0.5, 0.6) is 0 Å². The molecule has 2 aromatic heterocycles. The van der Waals surface area contributed by atoms with E-state index >= 15 is 0 Å². The lowest BCUT2D eigenvalue weighted by Crippen LogP contribution is -2.21. The van der Waals surface area contributed by atoms with Gasteiger partial charge in [-0.3, -0.25) is 0 Å². The van der Waals surface area contributed by atoms with E-state index in [1.165, 1.54) is 24.1 Å². The third-order valence-electron chi connectivity index (χ3n) is 4.35. The van der Waals surface area contributed by atoms with Crippen LogP contribution in [0.2, 0.25) is 0 Å². The van der Waals surface area contributed by atoms with Gasteiger partial charge in [0, 0.05) is 24.8 Å². The van der Waals surface area contributed by atoms with Crippen LogP contribution in [0.1, 0.15) is 36.7 Å². The van der Waals surface area contributed by atoms with E-state index in [-0.39, 0.29) is 0 Å². The molecular weight excluding hydrogens is 296 g/mol. The molecule has 0 saturated carbocycles. The monoisotopic (exact) mass is 322 g/mol. The molecule has 0 radical (unpaired) electrons. The van der Waals surface area contributed by atoms with Gasteiger partial charge in [-0.05, 0) is 37.7 Å². The second-order valence-electron chi connectivity index (χ2n) is 6.45. The Kier molecular flexibility index (Phi) is 5.16. The van der Waals surface area contributed by atoms with Crippen molar-refractivity contribution < 1.29 is 0 Å². The van der Waals surface area contributed by atoms with Gasteiger partial charge < -0.3 is 15.0 Å². The average Bonchev–Trinajstić information content (AvgIpc) is 2.91. The van der Waals surface area contributed by atoms with Gasteiger partial charge >= 0.3 is 0 Å². The predicted molar refractivity (Wildman–Crippen MR) is 100 cm³/mol. The second kappa shape index (κ2) is 7.49. The van der Waals surface area contributed by atoms with Crippen molar-refractivity contribution >= 4 is 11.3 Å². The van der Waals surface area contributed by atoms with Gasteiger partial charge in [0.15, 0.2) is 0 Å². The summed E-state index contributed by atoms with van der Waals surface area (Å²) in [5, 5.41) is 0. The highest BCUT2D eigenvalue weighted by molar-refractivity contribution is 5.51. The minimum atomic E-state index is 0.767. The molecule has 2 N–H and O–H groups in total.